The van der Waals surface area contributed by atoms with Gasteiger partial charge in [0.25, 0.3) is 0 Å². The Morgan fingerprint density at radius 2 is 1.84 bits per heavy atom. The number of hydrogen-bond donors (Lipinski definition) is 3. The lowest BCUT2D eigenvalue weighted by molar-refractivity contribution is 0.302. The van der Waals surface area contributed by atoms with Crippen LogP contribution in [0.4, 0.5) is 5.69 Å². The summed E-state index contributed by atoms with van der Waals surface area (Å²) >= 11 is 0. The van der Waals surface area contributed by atoms with Crippen LogP contribution >= 0.6 is 0 Å². The number of anilines is 1. The zero-order chi connectivity index (χ0) is 13.2. The maximum Gasteiger partial charge on any atom is 0.128 e. The molecule has 3 rings (SSSR count). The van der Waals surface area contributed by atoms with Gasteiger partial charge in [0, 0.05) is 16.6 Å². The molecule has 96 valence electrons. The van der Waals surface area contributed by atoms with Crippen LogP contribution in [0.1, 0.15) is 5.69 Å². The number of benzene rings is 2. The first-order valence-electron chi connectivity index (χ1n) is 6.00. The van der Waals surface area contributed by atoms with Crippen molar-refractivity contribution in [3.63, 3.8) is 0 Å². The molecule has 0 saturated carbocycles. The molecule has 0 unspecified atom stereocenters. The van der Waals surface area contributed by atoms with Crippen LogP contribution in [-0.2, 0) is 6.61 Å². The Kier molecular flexibility index (Phi) is 2.76. The Balaban J connectivity index is 1.76. The number of rotatable bonds is 3. The van der Waals surface area contributed by atoms with Gasteiger partial charge in [-0.2, -0.15) is 0 Å². The lowest BCUT2D eigenvalue weighted by Gasteiger charge is -2.04. The summed E-state index contributed by atoms with van der Waals surface area (Å²) in [5.41, 5.74) is 8.51. The molecule has 4 heteroatoms. The summed E-state index contributed by atoms with van der Waals surface area (Å²) in [6, 6.07) is 14.4. The molecule has 0 aliphatic rings. The van der Waals surface area contributed by atoms with E-state index in [-0.39, 0.29) is 5.75 Å². The molecule has 0 aliphatic heterocycles. The first kappa shape index (κ1) is 11.5. The lowest BCUT2D eigenvalue weighted by Crippen LogP contribution is -1.94. The topological polar surface area (TPSA) is 71.3 Å². The molecule has 3 aromatic rings. The smallest absolute Gasteiger partial charge is 0.128 e. The summed E-state index contributed by atoms with van der Waals surface area (Å²) in [6.45, 7) is 0.444. The average Bonchev–Trinajstić information content (AvgIpc) is 2.80. The van der Waals surface area contributed by atoms with E-state index >= 15 is 0 Å². The van der Waals surface area contributed by atoms with Crippen molar-refractivity contribution in [3.8, 4) is 11.5 Å². The van der Waals surface area contributed by atoms with Crippen LogP contribution in [0.2, 0.25) is 0 Å². The Labute approximate surface area is 110 Å². The van der Waals surface area contributed by atoms with E-state index in [4.69, 9.17) is 10.5 Å². The van der Waals surface area contributed by atoms with Gasteiger partial charge in [0.05, 0.1) is 5.69 Å². The average molecular weight is 254 g/mol. The highest BCUT2D eigenvalue weighted by atomic mass is 16.5. The number of phenolic OH excluding ortho intramolecular Hbond substituents is 1. The van der Waals surface area contributed by atoms with E-state index in [1.54, 1.807) is 24.3 Å². The zero-order valence-electron chi connectivity index (χ0n) is 10.3. The fourth-order valence-corrected chi connectivity index (χ4v) is 1.99. The molecule has 2 aromatic carbocycles. The molecule has 19 heavy (non-hydrogen) atoms. The van der Waals surface area contributed by atoms with E-state index in [0.29, 0.717) is 6.61 Å². The fraction of sp³-hybridized carbons (Fsp3) is 0.0667. The predicted octanol–water partition coefficient (Wildman–Crippen LogP) is 3.03. The molecule has 0 aliphatic carbocycles. The highest BCUT2D eigenvalue weighted by molar-refractivity contribution is 5.83. The largest absolute Gasteiger partial charge is 0.508 e. The van der Waals surface area contributed by atoms with Crippen LogP contribution in [0.3, 0.4) is 0 Å². The maximum absolute atomic E-state index is 9.19. The normalized spacial score (nSPS) is 10.7. The number of aromatic hydroxyl groups is 1. The number of nitrogens with one attached hydrogen (secondary N) is 1. The van der Waals surface area contributed by atoms with Gasteiger partial charge in [0.1, 0.15) is 18.1 Å². The number of phenols is 1. The molecule has 0 atom stereocenters. The van der Waals surface area contributed by atoms with E-state index in [0.717, 1.165) is 28.0 Å². The van der Waals surface area contributed by atoms with Crippen molar-refractivity contribution in [2.24, 2.45) is 0 Å². The number of fused-ring (bicyclic) bond motifs is 1. The van der Waals surface area contributed by atoms with Gasteiger partial charge in [-0.15, -0.1) is 0 Å². The number of ether oxygens (including phenoxy) is 1. The van der Waals surface area contributed by atoms with Crippen molar-refractivity contribution in [2.45, 2.75) is 6.61 Å². The SMILES string of the molecule is Nc1ccc2[nH]c(COc3ccc(O)cc3)cc2c1. The predicted molar refractivity (Wildman–Crippen MR) is 75.1 cm³/mol. The third-order valence-electron chi connectivity index (χ3n) is 2.93. The van der Waals surface area contributed by atoms with Gasteiger partial charge in [0.2, 0.25) is 0 Å². The fourth-order valence-electron chi connectivity index (χ4n) is 1.99. The maximum atomic E-state index is 9.19. The minimum Gasteiger partial charge on any atom is -0.508 e. The molecule has 4 N–H and O–H groups in total. The summed E-state index contributed by atoms with van der Waals surface area (Å²) in [6.07, 6.45) is 0. The van der Waals surface area contributed by atoms with Crippen LogP contribution in [-0.4, -0.2) is 10.1 Å². The molecular weight excluding hydrogens is 240 g/mol. The Bertz CT molecular complexity index is 702. The molecule has 1 heterocycles. The molecule has 0 radical (unpaired) electrons. The van der Waals surface area contributed by atoms with E-state index in [1.807, 2.05) is 24.3 Å². The Hall–Kier alpha value is -2.62. The molecule has 1 aromatic heterocycles. The molecule has 0 amide bonds. The second-order valence-electron chi connectivity index (χ2n) is 4.42. The second-order valence-corrected chi connectivity index (χ2v) is 4.42. The second kappa shape index (κ2) is 4.57. The van der Waals surface area contributed by atoms with Crippen molar-refractivity contribution in [1.29, 1.82) is 0 Å². The number of nitrogen functional groups attached to an aromatic ring is 1. The lowest BCUT2D eigenvalue weighted by atomic mass is 10.2. The number of hydrogen-bond acceptors (Lipinski definition) is 3. The highest BCUT2D eigenvalue weighted by Gasteiger charge is 2.02. The van der Waals surface area contributed by atoms with Gasteiger partial charge in [-0.1, -0.05) is 0 Å². The minimum absolute atomic E-state index is 0.230. The van der Waals surface area contributed by atoms with Crippen LogP contribution < -0.4 is 10.5 Å². The molecule has 4 nitrogen and oxygen atoms in total. The summed E-state index contributed by atoms with van der Waals surface area (Å²) < 4.78 is 5.63. The number of aromatic amines is 1. The quantitative estimate of drug-likeness (QED) is 0.629. The summed E-state index contributed by atoms with van der Waals surface area (Å²) in [4.78, 5) is 3.27. The van der Waals surface area contributed by atoms with E-state index < -0.39 is 0 Å². The van der Waals surface area contributed by atoms with E-state index in [1.165, 1.54) is 0 Å². The standard InChI is InChI=1S/C15H14N2O2/c16-11-1-6-15-10(7-11)8-12(17-15)9-19-14-4-2-13(18)3-5-14/h1-8,17-18H,9,16H2. The van der Waals surface area contributed by atoms with Crippen LogP contribution in [0.15, 0.2) is 48.5 Å². The summed E-state index contributed by atoms with van der Waals surface area (Å²) in [7, 11) is 0. The van der Waals surface area contributed by atoms with Gasteiger partial charge in [0.15, 0.2) is 0 Å². The molecule has 0 fully saturated rings. The van der Waals surface area contributed by atoms with Gasteiger partial charge in [-0.3, -0.25) is 0 Å². The Morgan fingerprint density at radius 1 is 1.05 bits per heavy atom. The molecule has 0 bridgehead atoms. The molecular formula is C15H14N2O2. The van der Waals surface area contributed by atoms with Gasteiger partial charge >= 0.3 is 0 Å². The Morgan fingerprint density at radius 3 is 2.63 bits per heavy atom. The summed E-state index contributed by atoms with van der Waals surface area (Å²) in [5, 5.41) is 10.3. The van der Waals surface area contributed by atoms with Crippen molar-refractivity contribution in [2.75, 3.05) is 5.73 Å². The third kappa shape index (κ3) is 2.47. The van der Waals surface area contributed by atoms with Crippen LogP contribution in [0.5, 0.6) is 11.5 Å². The van der Waals surface area contributed by atoms with E-state index in [2.05, 4.69) is 4.98 Å². The van der Waals surface area contributed by atoms with Crippen molar-refractivity contribution in [1.82, 2.24) is 4.98 Å². The van der Waals surface area contributed by atoms with Gasteiger partial charge < -0.3 is 20.6 Å². The van der Waals surface area contributed by atoms with Crippen molar-refractivity contribution in [3.05, 3.63) is 54.2 Å². The van der Waals surface area contributed by atoms with Crippen LogP contribution in [0.25, 0.3) is 10.9 Å². The minimum atomic E-state index is 0.230. The third-order valence-corrected chi connectivity index (χ3v) is 2.93. The van der Waals surface area contributed by atoms with Gasteiger partial charge in [-0.25, -0.2) is 0 Å². The first-order valence-corrected chi connectivity index (χ1v) is 6.00. The summed E-state index contributed by atoms with van der Waals surface area (Å²) in [5.74, 6) is 0.949. The van der Waals surface area contributed by atoms with Crippen LogP contribution in [0, 0.1) is 0 Å². The highest BCUT2D eigenvalue weighted by Crippen LogP contribution is 2.20. The van der Waals surface area contributed by atoms with Crippen molar-refractivity contribution < 1.29 is 9.84 Å². The monoisotopic (exact) mass is 254 g/mol. The number of aromatic nitrogens is 1. The number of nitrogens with two attached hydrogens (primary N) is 1. The molecule has 0 saturated heterocycles. The van der Waals surface area contributed by atoms with E-state index in [9.17, 15) is 5.11 Å². The number of H-pyrrole nitrogens is 1. The molecule has 0 spiro atoms. The zero-order valence-corrected chi connectivity index (χ0v) is 10.3. The van der Waals surface area contributed by atoms with Gasteiger partial charge in [-0.05, 0) is 48.5 Å². The first-order chi connectivity index (χ1) is 9.20. The van der Waals surface area contributed by atoms with Crippen molar-refractivity contribution >= 4 is 16.6 Å².